The minimum Gasteiger partial charge on any atom is -0.383 e. The van der Waals surface area contributed by atoms with Gasteiger partial charge in [0.05, 0.1) is 12.6 Å². The van der Waals surface area contributed by atoms with Crippen LogP contribution in [0.5, 0.6) is 0 Å². The van der Waals surface area contributed by atoms with Gasteiger partial charge in [0, 0.05) is 26.6 Å². The van der Waals surface area contributed by atoms with Crippen molar-refractivity contribution in [3.05, 3.63) is 0 Å². The van der Waals surface area contributed by atoms with E-state index in [1.54, 1.807) is 19.1 Å². The molecule has 0 rings (SSSR count). The van der Waals surface area contributed by atoms with Gasteiger partial charge in [-0.1, -0.05) is 0 Å². The first kappa shape index (κ1) is 13.4. The minimum absolute atomic E-state index is 0.0880. The van der Waals surface area contributed by atoms with Gasteiger partial charge in [0.25, 0.3) is 0 Å². The number of hydrogen-bond donors (Lipinski definition) is 1. The molecule has 0 aliphatic carbocycles. The van der Waals surface area contributed by atoms with Crippen molar-refractivity contribution in [1.82, 2.24) is 4.90 Å². The number of hydrogen-bond acceptors (Lipinski definition) is 3. The second-order valence-corrected chi connectivity index (χ2v) is 3.82. The summed E-state index contributed by atoms with van der Waals surface area (Å²) in [6.07, 6.45) is 1.26. The molecule has 0 saturated heterocycles. The van der Waals surface area contributed by atoms with E-state index in [2.05, 4.69) is 0 Å². The van der Waals surface area contributed by atoms with Crippen molar-refractivity contribution in [3.63, 3.8) is 0 Å². The molecule has 2 atom stereocenters. The molecule has 1 amide bonds. The van der Waals surface area contributed by atoms with E-state index in [9.17, 15) is 4.79 Å². The van der Waals surface area contributed by atoms with Crippen LogP contribution in [-0.2, 0) is 9.53 Å². The van der Waals surface area contributed by atoms with Crippen molar-refractivity contribution >= 4 is 5.91 Å². The van der Waals surface area contributed by atoms with Gasteiger partial charge in [0.2, 0.25) is 5.91 Å². The van der Waals surface area contributed by atoms with Gasteiger partial charge in [-0.3, -0.25) is 4.79 Å². The van der Waals surface area contributed by atoms with Crippen LogP contribution in [0.2, 0.25) is 0 Å². The van der Waals surface area contributed by atoms with E-state index >= 15 is 0 Å². The fourth-order valence-electron chi connectivity index (χ4n) is 1.13. The van der Waals surface area contributed by atoms with Crippen molar-refractivity contribution in [2.75, 3.05) is 20.8 Å². The van der Waals surface area contributed by atoms with E-state index in [0.29, 0.717) is 13.0 Å². The third-order valence-corrected chi connectivity index (χ3v) is 2.28. The smallest absolute Gasteiger partial charge is 0.222 e. The van der Waals surface area contributed by atoms with E-state index in [-0.39, 0.29) is 18.0 Å². The summed E-state index contributed by atoms with van der Waals surface area (Å²) in [5.41, 5.74) is 5.58. The topological polar surface area (TPSA) is 55.6 Å². The number of methoxy groups -OCH3 is 1. The molecule has 84 valence electrons. The van der Waals surface area contributed by atoms with Crippen LogP contribution < -0.4 is 5.73 Å². The number of carbonyl (C=O) groups is 1. The van der Waals surface area contributed by atoms with E-state index in [1.807, 2.05) is 13.8 Å². The highest BCUT2D eigenvalue weighted by molar-refractivity contribution is 5.76. The van der Waals surface area contributed by atoms with Crippen molar-refractivity contribution in [3.8, 4) is 0 Å². The fraction of sp³-hybridized carbons (Fsp3) is 0.900. The Morgan fingerprint density at radius 1 is 1.50 bits per heavy atom. The van der Waals surface area contributed by atoms with Crippen LogP contribution in [0.25, 0.3) is 0 Å². The van der Waals surface area contributed by atoms with Crippen LogP contribution in [0.1, 0.15) is 26.7 Å². The lowest BCUT2D eigenvalue weighted by atomic mass is 10.1. The molecular weight excluding hydrogens is 180 g/mol. The Morgan fingerprint density at radius 2 is 2.07 bits per heavy atom. The van der Waals surface area contributed by atoms with Crippen LogP contribution in [0.4, 0.5) is 0 Å². The lowest BCUT2D eigenvalue weighted by Crippen LogP contribution is -2.38. The predicted molar refractivity (Wildman–Crippen MR) is 57.0 cm³/mol. The first-order chi connectivity index (χ1) is 6.49. The standard InChI is InChI=1S/C10H22N2O2/c1-8(11)5-6-10(13)12(3)9(2)7-14-4/h8-9H,5-7,11H2,1-4H3. The van der Waals surface area contributed by atoms with E-state index in [0.717, 1.165) is 6.42 Å². The molecule has 0 aromatic heterocycles. The lowest BCUT2D eigenvalue weighted by Gasteiger charge is -2.24. The zero-order chi connectivity index (χ0) is 11.1. The third-order valence-electron chi connectivity index (χ3n) is 2.28. The Labute approximate surface area is 86.4 Å². The molecule has 4 heteroatoms. The molecule has 0 spiro atoms. The third kappa shape index (κ3) is 5.19. The molecule has 14 heavy (non-hydrogen) atoms. The fourth-order valence-corrected chi connectivity index (χ4v) is 1.13. The number of ether oxygens (including phenoxy) is 1. The summed E-state index contributed by atoms with van der Waals surface area (Å²) in [4.78, 5) is 13.3. The van der Waals surface area contributed by atoms with Crippen LogP contribution in [0, 0.1) is 0 Å². The average Bonchev–Trinajstić information content (AvgIpc) is 2.13. The van der Waals surface area contributed by atoms with Crippen molar-refractivity contribution in [2.45, 2.75) is 38.8 Å². The molecule has 2 N–H and O–H groups in total. The van der Waals surface area contributed by atoms with Gasteiger partial charge in [-0.2, -0.15) is 0 Å². The molecule has 2 unspecified atom stereocenters. The van der Waals surface area contributed by atoms with Crippen LogP contribution in [0.15, 0.2) is 0 Å². The summed E-state index contributed by atoms with van der Waals surface area (Å²) < 4.78 is 4.98. The van der Waals surface area contributed by atoms with Gasteiger partial charge in [0.15, 0.2) is 0 Å². The maximum absolute atomic E-state index is 11.6. The summed E-state index contributed by atoms with van der Waals surface area (Å²) in [7, 11) is 3.43. The Morgan fingerprint density at radius 3 is 2.50 bits per heavy atom. The molecule has 0 saturated carbocycles. The zero-order valence-corrected chi connectivity index (χ0v) is 9.62. The second kappa shape index (κ2) is 6.79. The highest BCUT2D eigenvalue weighted by Gasteiger charge is 2.15. The molecule has 0 fully saturated rings. The summed E-state index contributed by atoms with van der Waals surface area (Å²) in [5, 5.41) is 0. The molecule has 0 heterocycles. The number of nitrogens with two attached hydrogens (primary N) is 1. The largest absolute Gasteiger partial charge is 0.383 e. The molecule has 0 bridgehead atoms. The molecular formula is C10H22N2O2. The van der Waals surface area contributed by atoms with E-state index in [4.69, 9.17) is 10.5 Å². The molecule has 0 radical (unpaired) electrons. The zero-order valence-electron chi connectivity index (χ0n) is 9.62. The highest BCUT2D eigenvalue weighted by Crippen LogP contribution is 2.02. The van der Waals surface area contributed by atoms with Crippen molar-refractivity contribution in [1.29, 1.82) is 0 Å². The quantitative estimate of drug-likeness (QED) is 0.686. The maximum Gasteiger partial charge on any atom is 0.222 e. The monoisotopic (exact) mass is 202 g/mol. The molecule has 0 aromatic rings. The number of nitrogens with zero attached hydrogens (tertiary/aromatic N) is 1. The average molecular weight is 202 g/mol. The summed E-state index contributed by atoms with van der Waals surface area (Å²) in [6.45, 7) is 4.44. The Bertz CT molecular complexity index is 172. The Hall–Kier alpha value is -0.610. The minimum atomic E-state index is 0.0880. The van der Waals surface area contributed by atoms with E-state index < -0.39 is 0 Å². The predicted octanol–water partition coefficient (Wildman–Crippen LogP) is 0.607. The Kier molecular flexibility index (Phi) is 6.49. The summed E-state index contributed by atoms with van der Waals surface area (Å²) in [5.74, 6) is 0.131. The van der Waals surface area contributed by atoms with Gasteiger partial charge < -0.3 is 15.4 Å². The first-order valence-corrected chi connectivity index (χ1v) is 4.99. The van der Waals surface area contributed by atoms with Gasteiger partial charge in [-0.05, 0) is 20.3 Å². The van der Waals surface area contributed by atoms with Crippen LogP contribution in [0.3, 0.4) is 0 Å². The number of rotatable bonds is 6. The van der Waals surface area contributed by atoms with Gasteiger partial charge in [0.1, 0.15) is 0 Å². The highest BCUT2D eigenvalue weighted by atomic mass is 16.5. The van der Waals surface area contributed by atoms with Gasteiger partial charge in [-0.25, -0.2) is 0 Å². The molecule has 0 aliphatic heterocycles. The van der Waals surface area contributed by atoms with Crippen molar-refractivity contribution < 1.29 is 9.53 Å². The van der Waals surface area contributed by atoms with E-state index in [1.165, 1.54) is 0 Å². The van der Waals surface area contributed by atoms with Gasteiger partial charge in [-0.15, -0.1) is 0 Å². The van der Waals surface area contributed by atoms with Crippen LogP contribution >= 0.6 is 0 Å². The maximum atomic E-state index is 11.6. The second-order valence-electron chi connectivity index (χ2n) is 3.82. The first-order valence-electron chi connectivity index (χ1n) is 4.99. The number of likely N-dealkylation sites (N-methyl/N-ethyl adjacent to an activating group) is 1. The summed E-state index contributed by atoms with van der Waals surface area (Å²) >= 11 is 0. The van der Waals surface area contributed by atoms with Crippen molar-refractivity contribution in [2.24, 2.45) is 5.73 Å². The molecule has 0 aromatic carbocycles. The summed E-state index contributed by atoms with van der Waals surface area (Å²) in [6, 6.07) is 0.214. The molecule has 0 aliphatic rings. The number of carbonyl (C=O) groups excluding carboxylic acids is 1. The molecule has 4 nitrogen and oxygen atoms in total. The Balaban J connectivity index is 3.86. The SMILES string of the molecule is COCC(C)N(C)C(=O)CCC(C)N. The lowest BCUT2D eigenvalue weighted by molar-refractivity contribution is -0.132. The number of amides is 1. The van der Waals surface area contributed by atoms with Crippen LogP contribution in [-0.4, -0.2) is 43.7 Å². The van der Waals surface area contributed by atoms with Gasteiger partial charge >= 0.3 is 0 Å². The normalized spacial score (nSPS) is 14.9.